The van der Waals surface area contributed by atoms with E-state index in [9.17, 15) is 14.4 Å². The SMILES string of the molecule is CC/C=C\C/C=C\C/C=C\C/C=C\CCCCC(=O)OCC(COC(=O)CCCCCCCCCCCC)OC(=O)CC/C=C\C/C=C\C/C=C\C/C=C\CC. The Bertz CT molecular complexity index is 1170. The van der Waals surface area contributed by atoms with Crippen molar-refractivity contribution in [3.05, 3.63) is 97.2 Å². The van der Waals surface area contributed by atoms with Crippen LogP contribution < -0.4 is 0 Å². The van der Waals surface area contributed by atoms with Crippen LogP contribution in [0.4, 0.5) is 0 Å². The molecule has 0 N–H and O–H groups in total. The average molecular weight is 777 g/mol. The maximum Gasteiger partial charge on any atom is 0.306 e. The van der Waals surface area contributed by atoms with Crippen LogP contribution in [0.1, 0.15) is 181 Å². The smallest absolute Gasteiger partial charge is 0.306 e. The normalized spacial score (nSPS) is 13.0. The number of hydrogen-bond donors (Lipinski definition) is 0. The molecule has 56 heavy (non-hydrogen) atoms. The van der Waals surface area contributed by atoms with E-state index in [4.69, 9.17) is 14.2 Å². The van der Waals surface area contributed by atoms with E-state index in [0.717, 1.165) is 83.5 Å². The first-order valence-electron chi connectivity index (χ1n) is 22.2. The van der Waals surface area contributed by atoms with E-state index in [-0.39, 0.29) is 31.6 Å². The lowest BCUT2D eigenvalue weighted by Gasteiger charge is -2.18. The van der Waals surface area contributed by atoms with Gasteiger partial charge >= 0.3 is 17.9 Å². The zero-order valence-electron chi connectivity index (χ0n) is 35.9. The predicted molar refractivity (Wildman–Crippen MR) is 237 cm³/mol. The van der Waals surface area contributed by atoms with Crippen molar-refractivity contribution in [3.63, 3.8) is 0 Å². The summed E-state index contributed by atoms with van der Waals surface area (Å²) in [5.41, 5.74) is 0. The van der Waals surface area contributed by atoms with Crippen molar-refractivity contribution in [3.8, 4) is 0 Å². The lowest BCUT2D eigenvalue weighted by atomic mass is 10.1. The Hall–Kier alpha value is -3.67. The van der Waals surface area contributed by atoms with Gasteiger partial charge in [-0.2, -0.15) is 0 Å². The van der Waals surface area contributed by atoms with Gasteiger partial charge in [0.2, 0.25) is 0 Å². The Kier molecular flexibility index (Phi) is 41.2. The van der Waals surface area contributed by atoms with Gasteiger partial charge in [0, 0.05) is 19.3 Å². The highest BCUT2D eigenvalue weighted by molar-refractivity contribution is 5.71. The second kappa shape index (κ2) is 44.0. The fourth-order valence-corrected chi connectivity index (χ4v) is 5.56. The number of unbranched alkanes of at least 4 members (excludes halogenated alkanes) is 11. The number of hydrogen-bond acceptors (Lipinski definition) is 6. The minimum atomic E-state index is -0.829. The van der Waals surface area contributed by atoms with Gasteiger partial charge < -0.3 is 14.2 Å². The van der Waals surface area contributed by atoms with Gasteiger partial charge in [0.05, 0.1) is 0 Å². The van der Waals surface area contributed by atoms with Crippen LogP contribution in [-0.2, 0) is 28.6 Å². The molecular formula is C50H80O6. The van der Waals surface area contributed by atoms with Crippen LogP contribution in [0.5, 0.6) is 0 Å². The van der Waals surface area contributed by atoms with Crippen molar-refractivity contribution in [1.29, 1.82) is 0 Å². The maximum absolute atomic E-state index is 12.7. The van der Waals surface area contributed by atoms with E-state index in [2.05, 4.69) is 106 Å². The third-order valence-corrected chi connectivity index (χ3v) is 8.85. The zero-order chi connectivity index (χ0) is 40.8. The molecule has 0 bridgehead atoms. The van der Waals surface area contributed by atoms with Crippen molar-refractivity contribution in [2.45, 2.75) is 187 Å². The van der Waals surface area contributed by atoms with Gasteiger partial charge in [-0.25, -0.2) is 0 Å². The molecule has 316 valence electrons. The average Bonchev–Trinajstić information content (AvgIpc) is 3.19. The quantitative estimate of drug-likeness (QED) is 0.0269. The summed E-state index contributed by atoms with van der Waals surface area (Å²) >= 11 is 0. The molecule has 0 saturated carbocycles. The number of carbonyl (C=O) groups excluding carboxylic acids is 3. The molecular weight excluding hydrogens is 697 g/mol. The maximum atomic E-state index is 12.7. The van der Waals surface area contributed by atoms with E-state index in [1.165, 1.54) is 44.9 Å². The molecule has 1 atom stereocenters. The van der Waals surface area contributed by atoms with Crippen molar-refractivity contribution in [1.82, 2.24) is 0 Å². The number of ether oxygens (including phenoxy) is 3. The van der Waals surface area contributed by atoms with Crippen LogP contribution in [0.25, 0.3) is 0 Å². The molecule has 0 aliphatic carbocycles. The summed E-state index contributed by atoms with van der Waals surface area (Å²) in [6, 6.07) is 0. The first kappa shape index (κ1) is 52.3. The van der Waals surface area contributed by atoms with Crippen LogP contribution in [-0.4, -0.2) is 37.2 Å². The minimum absolute atomic E-state index is 0.120. The molecule has 0 heterocycles. The highest BCUT2D eigenvalue weighted by Crippen LogP contribution is 2.12. The topological polar surface area (TPSA) is 78.9 Å². The van der Waals surface area contributed by atoms with E-state index in [1.54, 1.807) is 0 Å². The molecule has 0 amide bonds. The van der Waals surface area contributed by atoms with Crippen molar-refractivity contribution in [2.75, 3.05) is 13.2 Å². The van der Waals surface area contributed by atoms with Crippen LogP contribution in [0.3, 0.4) is 0 Å². The molecule has 1 unspecified atom stereocenters. The number of carbonyl (C=O) groups is 3. The minimum Gasteiger partial charge on any atom is -0.462 e. The third-order valence-electron chi connectivity index (χ3n) is 8.85. The van der Waals surface area contributed by atoms with E-state index < -0.39 is 12.1 Å². The molecule has 0 radical (unpaired) electrons. The Morgan fingerprint density at radius 2 is 0.732 bits per heavy atom. The fraction of sp³-hybridized carbons (Fsp3) is 0.620. The van der Waals surface area contributed by atoms with E-state index >= 15 is 0 Å². The molecule has 0 saturated heterocycles. The summed E-state index contributed by atoms with van der Waals surface area (Å²) < 4.78 is 16.6. The van der Waals surface area contributed by atoms with Gasteiger partial charge in [-0.05, 0) is 83.5 Å². The summed E-state index contributed by atoms with van der Waals surface area (Å²) in [6.45, 7) is 6.26. The van der Waals surface area contributed by atoms with Crippen molar-refractivity contribution in [2.24, 2.45) is 0 Å². The first-order chi connectivity index (χ1) is 27.5. The summed E-state index contributed by atoms with van der Waals surface area (Å²) in [5.74, 6) is -1.06. The molecule has 0 aromatic heterocycles. The number of esters is 3. The highest BCUT2D eigenvalue weighted by Gasteiger charge is 2.19. The third kappa shape index (κ3) is 41.5. The predicted octanol–water partition coefficient (Wildman–Crippen LogP) is 14.2. The van der Waals surface area contributed by atoms with Gasteiger partial charge in [0.1, 0.15) is 13.2 Å². The van der Waals surface area contributed by atoms with Crippen LogP contribution in [0.15, 0.2) is 97.2 Å². The van der Waals surface area contributed by atoms with Gasteiger partial charge in [0.25, 0.3) is 0 Å². The van der Waals surface area contributed by atoms with Crippen LogP contribution >= 0.6 is 0 Å². The lowest BCUT2D eigenvalue weighted by molar-refractivity contribution is -0.166. The van der Waals surface area contributed by atoms with E-state index in [0.29, 0.717) is 25.7 Å². The first-order valence-corrected chi connectivity index (χ1v) is 22.2. The second-order valence-corrected chi connectivity index (χ2v) is 14.2. The van der Waals surface area contributed by atoms with Gasteiger partial charge in [-0.3, -0.25) is 14.4 Å². The molecule has 0 fully saturated rings. The zero-order valence-corrected chi connectivity index (χ0v) is 35.9. The molecule has 0 spiro atoms. The molecule has 6 heteroatoms. The van der Waals surface area contributed by atoms with Crippen LogP contribution in [0, 0.1) is 0 Å². The van der Waals surface area contributed by atoms with Gasteiger partial charge in [-0.1, -0.05) is 176 Å². The number of rotatable bonds is 38. The summed E-state index contributed by atoms with van der Waals surface area (Å²) in [6.07, 6.45) is 56.9. The van der Waals surface area contributed by atoms with E-state index in [1.807, 2.05) is 12.2 Å². The van der Waals surface area contributed by atoms with Crippen molar-refractivity contribution < 1.29 is 28.6 Å². The largest absolute Gasteiger partial charge is 0.462 e. The Morgan fingerprint density at radius 3 is 1.16 bits per heavy atom. The summed E-state index contributed by atoms with van der Waals surface area (Å²) in [4.78, 5) is 37.6. The Labute approximate surface area is 343 Å². The molecule has 0 rings (SSSR count). The van der Waals surface area contributed by atoms with Gasteiger partial charge in [-0.15, -0.1) is 0 Å². The van der Waals surface area contributed by atoms with Gasteiger partial charge in [0.15, 0.2) is 6.10 Å². The second-order valence-electron chi connectivity index (χ2n) is 14.2. The summed E-state index contributed by atoms with van der Waals surface area (Å²) in [7, 11) is 0. The Balaban J connectivity index is 4.56. The molecule has 0 aliphatic heterocycles. The molecule has 6 nitrogen and oxygen atoms in total. The molecule has 0 aromatic rings. The lowest BCUT2D eigenvalue weighted by Crippen LogP contribution is -2.30. The van der Waals surface area contributed by atoms with Crippen molar-refractivity contribution >= 4 is 17.9 Å². The highest BCUT2D eigenvalue weighted by atomic mass is 16.6. The summed E-state index contributed by atoms with van der Waals surface area (Å²) in [5, 5.41) is 0. The number of allylic oxidation sites excluding steroid dienone is 16. The monoisotopic (exact) mass is 777 g/mol. The molecule has 0 aromatic carbocycles. The van der Waals surface area contributed by atoms with Crippen LogP contribution in [0.2, 0.25) is 0 Å². The Morgan fingerprint density at radius 1 is 0.375 bits per heavy atom. The standard InChI is InChI=1S/C50H80O6/c1-4-7-10-13-16-19-22-24-25-27-28-31-34-37-40-43-49(52)55-46-47(45-54-48(51)42-39-36-33-30-21-18-15-12-9-6-3)56-50(53)44-41-38-35-32-29-26-23-20-17-14-11-8-5-2/h7-8,10-11,16-17,19-20,24-26,28-29,31,35,38,47H,4-6,9,12-15,18,21-23,27,30,32-34,36-37,39-46H2,1-3H3/b10-7-,11-8-,19-16-,20-17-,25-24-,29-26-,31-28-,38-35-. The fourth-order valence-electron chi connectivity index (χ4n) is 5.56. The molecule has 0 aliphatic rings.